The SMILES string of the molecule is COC(=O)C[C@@H](NCc1ccccc1)c1ccc(F)cc1. The summed E-state index contributed by atoms with van der Waals surface area (Å²) in [5.74, 6) is -0.594. The third-order valence-electron chi connectivity index (χ3n) is 3.27. The minimum atomic E-state index is -0.301. The van der Waals surface area contributed by atoms with Crippen LogP contribution in [0, 0.1) is 5.82 Å². The molecule has 110 valence electrons. The van der Waals surface area contributed by atoms with Crippen molar-refractivity contribution in [3.05, 3.63) is 71.5 Å². The van der Waals surface area contributed by atoms with E-state index < -0.39 is 0 Å². The molecule has 21 heavy (non-hydrogen) atoms. The Balaban J connectivity index is 2.08. The lowest BCUT2D eigenvalue weighted by atomic mass is 10.0. The molecule has 4 heteroatoms. The fourth-order valence-electron chi connectivity index (χ4n) is 2.09. The zero-order valence-corrected chi connectivity index (χ0v) is 11.9. The van der Waals surface area contributed by atoms with Crippen LogP contribution in [0.1, 0.15) is 23.6 Å². The summed E-state index contributed by atoms with van der Waals surface area (Å²) in [5.41, 5.74) is 1.98. The highest BCUT2D eigenvalue weighted by Gasteiger charge is 2.16. The van der Waals surface area contributed by atoms with Crippen molar-refractivity contribution in [3.63, 3.8) is 0 Å². The van der Waals surface area contributed by atoms with E-state index >= 15 is 0 Å². The number of ether oxygens (including phenoxy) is 1. The topological polar surface area (TPSA) is 38.3 Å². The summed E-state index contributed by atoms with van der Waals surface area (Å²) >= 11 is 0. The quantitative estimate of drug-likeness (QED) is 0.829. The monoisotopic (exact) mass is 287 g/mol. The van der Waals surface area contributed by atoms with Gasteiger partial charge >= 0.3 is 5.97 Å². The smallest absolute Gasteiger partial charge is 0.307 e. The molecular weight excluding hydrogens is 269 g/mol. The third kappa shape index (κ3) is 4.68. The minimum Gasteiger partial charge on any atom is -0.469 e. The molecule has 0 fully saturated rings. The normalized spacial score (nSPS) is 11.9. The number of carbonyl (C=O) groups excluding carboxylic acids is 1. The van der Waals surface area contributed by atoms with Gasteiger partial charge in [0.2, 0.25) is 0 Å². The fraction of sp³-hybridized carbons (Fsp3) is 0.235. The molecule has 0 aliphatic rings. The maximum absolute atomic E-state index is 13.0. The van der Waals surface area contributed by atoms with Crippen molar-refractivity contribution in [2.45, 2.75) is 19.0 Å². The van der Waals surface area contributed by atoms with Gasteiger partial charge in [0.15, 0.2) is 0 Å². The van der Waals surface area contributed by atoms with Gasteiger partial charge in [-0.25, -0.2) is 4.39 Å². The molecule has 0 spiro atoms. The zero-order chi connectivity index (χ0) is 15.1. The molecule has 0 bridgehead atoms. The first-order valence-corrected chi connectivity index (χ1v) is 6.78. The van der Waals surface area contributed by atoms with Gasteiger partial charge in [-0.05, 0) is 23.3 Å². The van der Waals surface area contributed by atoms with E-state index in [1.165, 1.54) is 19.2 Å². The fourth-order valence-corrected chi connectivity index (χ4v) is 2.09. The standard InChI is InChI=1S/C17H18FNO2/c1-21-17(20)11-16(14-7-9-15(18)10-8-14)19-12-13-5-3-2-4-6-13/h2-10,16,19H,11-12H2,1H3/t16-/m1/s1. The van der Waals surface area contributed by atoms with Crippen molar-refractivity contribution in [1.82, 2.24) is 5.32 Å². The summed E-state index contributed by atoms with van der Waals surface area (Å²) in [6.07, 6.45) is 0.203. The van der Waals surface area contributed by atoms with E-state index in [-0.39, 0.29) is 24.2 Å². The highest BCUT2D eigenvalue weighted by Crippen LogP contribution is 2.18. The Hall–Kier alpha value is -2.20. The lowest BCUT2D eigenvalue weighted by Gasteiger charge is -2.18. The maximum atomic E-state index is 13.0. The molecule has 2 aromatic rings. The van der Waals surface area contributed by atoms with Crippen LogP contribution in [0.5, 0.6) is 0 Å². The van der Waals surface area contributed by atoms with Gasteiger partial charge in [0.05, 0.1) is 13.5 Å². The van der Waals surface area contributed by atoms with E-state index in [4.69, 9.17) is 4.74 Å². The molecule has 1 N–H and O–H groups in total. The Labute approximate surface area is 123 Å². The van der Waals surface area contributed by atoms with Crippen LogP contribution in [0.25, 0.3) is 0 Å². The number of carbonyl (C=O) groups is 1. The molecular formula is C17H18FNO2. The highest BCUT2D eigenvalue weighted by atomic mass is 19.1. The molecule has 0 radical (unpaired) electrons. The summed E-state index contributed by atoms with van der Waals surface area (Å²) in [6, 6.07) is 15.8. The molecule has 1 atom stereocenters. The van der Waals surface area contributed by atoms with Crippen molar-refractivity contribution >= 4 is 5.97 Å². The lowest BCUT2D eigenvalue weighted by Crippen LogP contribution is -2.24. The maximum Gasteiger partial charge on any atom is 0.307 e. The number of benzene rings is 2. The zero-order valence-electron chi connectivity index (χ0n) is 11.9. The minimum absolute atomic E-state index is 0.203. The predicted octanol–water partition coefficient (Wildman–Crippen LogP) is 3.22. The van der Waals surface area contributed by atoms with Crippen LogP contribution < -0.4 is 5.32 Å². The van der Waals surface area contributed by atoms with Crippen molar-refractivity contribution in [1.29, 1.82) is 0 Å². The van der Waals surface area contributed by atoms with Crippen LogP contribution in [-0.4, -0.2) is 13.1 Å². The van der Waals surface area contributed by atoms with Crippen LogP contribution in [0.3, 0.4) is 0 Å². The van der Waals surface area contributed by atoms with Gasteiger partial charge in [0.1, 0.15) is 5.82 Å². The average molecular weight is 287 g/mol. The second kappa shape index (κ2) is 7.55. The van der Waals surface area contributed by atoms with Crippen LogP contribution in [0.2, 0.25) is 0 Å². The number of halogens is 1. The van der Waals surface area contributed by atoms with E-state index in [2.05, 4.69) is 5.32 Å². The first-order valence-electron chi connectivity index (χ1n) is 6.78. The molecule has 0 amide bonds. The van der Waals surface area contributed by atoms with Gasteiger partial charge in [-0.1, -0.05) is 42.5 Å². The van der Waals surface area contributed by atoms with Crippen molar-refractivity contribution in [2.24, 2.45) is 0 Å². The van der Waals surface area contributed by atoms with E-state index in [9.17, 15) is 9.18 Å². The van der Waals surface area contributed by atoms with Crippen molar-refractivity contribution < 1.29 is 13.9 Å². The summed E-state index contributed by atoms with van der Waals surface area (Å²) < 4.78 is 17.7. The van der Waals surface area contributed by atoms with E-state index in [0.29, 0.717) is 6.54 Å². The molecule has 0 heterocycles. The van der Waals surface area contributed by atoms with Crippen LogP contribution in [0.4, 0.5) is 4.39 Å². The van der Waals surface area contributed by atoms with Gasteiger partial charge < -0.3 is 10.1 Å². The highest BCUT2D eigenvalue weighted by molar-refractivity contribution is 5.70. The molecule has 3 nitrogen and oxygen atoms in total. The first kappa shape index (κ1) is 15.2. The predicted molar refractivity (Wildman–Crippen MR) is 79.1 cm³/mol. The molecule has 2 aromatic carbocycles. The number of nitrogens with one attached hydrogen (secondary N) is 1. The molecule has 0 aliphatic heterocycles. The Morgan fingerprint density at radius 2 is 1.81 bits per heavy atom. The van der Waals surface area contributed by atoms with Gasteiger partial charge in [0.25, 0.3) is 0 Å². The van der Waals surface area contributed by atoms with Crippen molar-refractivity contribution in [3.8, 4) is 0 Å². The van der Waals surface area contributed by atoms with Crippen LogP contribution in [0.15, 0.2) is 54.6 Å². The van der Waals surface area contributed by atoms with E-state index in [1.807, 2.05) is 30.3 Å². The Morgan fingerprint density at radius 1 is 1.14 bits per heavy atom. The Kier molecular flexibility index (Phi) is 5.46. The number of methoxy groups -OCH3 is 1. The molecule has 2 rings (SSSR count). The summed E-state index contributed by atoms with van der Waals surface area (Å²) in [4.78, 5) is 11.5. The van der Waals surface area contributed by atoms with Crippen molar-refractivity contribution in [2.75, 3.05) is 7.11 Å². The number of hydrogen-bond acceptors (Lipinski definition) is 3. The van der Waals surface area contributed by atoms with Crippen LogP contribution >= 0.6 is 0 Å². The third-order valence-corrected chi connectivity index (χ3v) is 3.27. The van der Waals surface area contributed by atoms with Gasteiger partial charge in [-0.2, -0.15) is 0 Å². The Morgan fingerprint density at radius 3 is 2.43 bits per heavy atom. The average Bonchev–Trinajstić information content (AvgIpc) is 2.53. The number of hydrogen-bond donors (Lipinski definition) is 1. The van der Waals surface area contributed by atoms with Gasteiger partial charge in [0, 0.05) is 12.6 Å². The largest absolute Gasteiger partial charge is 0.469 e. The Bertz CT molecular complexity index is 569. The van der Waals surface area contributed by atoms with E-state index in [1.54, 1.807) is 12.1 Å². The lowest BCUT2D eigenvalue weighted by molar-refractivity contribution is -0.141. The van der Waals surface area contributed by atoms with Gasteiger partial charge in [-0.3, -0.25) is 4.79 Å². The second-order valence-corrected chi connectivity index (χ2v) is 4.75. The first-order chi connectivity index (χ1) is 10.2. The summed E-state index contributed by atoms with van der Waals surface area (Å²) in [5, 5.41) is 3.31. The van der Waals surface area contributed by atoms with Crippen LogP contribution in [-0.2, 0) is 16.1 Å². The number of rotatable bonds is 6. The second-order valence-electron chi connectivity index (χ2n) is 4.75. The summed E-state index contributed by atoms with van der Waals surface area (Å²) in [6.45, 7) is 0.625. The molecule has 0 aliphatic carbocycles. The molecule has 0 saturated heterocycles. The van der Waals surface area contributed by atoms with Gasteiger partial charge in [-0.15, -0.1) is 0 Å². The summed E-state index contributed by atoms with van der Waals surface area (Å²) in [7, 11) is 1.36. The molecule has 0 unspecified atom stereocenters. The molecule has 0 aromatic heterocycles. The number of esters is 1. The molecule has 0 saturated carbocycles. The van der Waals surface area contributed by atoms with E-state index in [0.717, 1.165) is 11.1 Å².